The van der Waals surface area contributed by atoms with Gasteiger partial charge in [0.2, 0.25) is 0 Å². The third-order valence-corrected chi connectivity index (χ3v) is 3.91. The Morgan fingerprint density at radius 1 is 1.33 bits per heavy atom. The summed E-state index contributed by atoms with van der Waals surface area (Å²) >= 11 is 0. The van der Waals surface area contributed by atoms with Crippen LogP contribution in [0.25, 0.3) is 0 Å². The number of ether oxygens (including phenoxy) is 1. The third-order valence-electron chi connectivity index (χ3n) is 3.91. The van der Waals surface area contributed by atoms with Crippen LogP contribution in [0.5, 0.6) is 0 Å². The summed E-state index contributed by atoms with van der Waals surface area (Å²) in [5.41, 5.74) is -0.119. The Labute approximate surface area is 122 Å². The maximum Gasteiger partial charge on any atom is 0.251 e. The van der Waals surface area contributed by atoms with E-state index < -0.39 is 23.4 Å². The number of rotatable bonds is 5. The van der Waals surface area contributed by atoms with E-state index in [0.29, 0.717) is 25.0 Å². The minimum Gasteiger partial charge on any atom is -0.390 e. The van der Waals surface area contributed by atoms with Crippen LogP contribution in [0.3, 0.4) is 0 Å². The van der Waals surface area contributed by atoms with Gasteiger partial charge < -0.3 is 20.3 Å². The first-order valence-corrected chi connectivity index (χ1v) is 6.85. The average molecular weight is 297 g/mol. The van der Waals surface area contributed by atoms with E-state index in [2.05, 4.69) is 5.32 Å². The van der Waals surface area contributed by atoms with Crippen molar-refractivity contribution in [3.05, 3.63) is 35.6 Å². The first kappa shape index (κ1) is 15.9. The zero-order valence-corrected chi connectivity index (χ0v) is 11.9. The molecule has 0 radical (unpaired) electrons. The quantitative estimate of drug-likeness (QED) is 0.748. The fourth-order valence-corrected chi connectivity index (χ4v) is 2.83. The van der Waals surface area contributed by atoms with Crippen LogP contribution in [0.15, 0.2) is 24.3 Å². The molecule has 21 heavy (non-hydrogen) atoms. The lowest BCUT2D eigenvalue weighted by Gasteiger charge is -2.28. The number of methoxy groups -OCH3 is 1. The number of amides is 1. The summed E-state index contributed by atoms with van der Waals surface area (Å²) in [4.78, 5) is 12.0. The van der Waals surface area contributed by atoms with Crippen LogP contribution in [-0.4, -0.2) is 48.6 Å². The van der Waals surface area contributed by atoms with Gasteiger partial charge in [-0.3, -0.25) is 4.79 Å². The number of carbonyl (C=O) groups is 1. The Morgan fingerprint density at radius 3 is 2.43 bits per heavy atom. The first-order chi connectivity index (χ1) is 9.96. The van der Waals surface area contributed by atoms with Crippen molar-refractivity contribution in [3.8, 4) is 0 Å². The largest absolute Gasteiger partial charge is 0.390 e. The van der Waals surface area contributed by atoms with Gasteiger partial charge in [0.25, 0.3) is 5.91 Å². The fourth-order valence-electron chi connectivity index (χ4n) is 2.83. The summed E-state index contributed by atoms with van der Waals surface area (Å²) in [6.07, 6.45) is -0.872. The summed E-state index contributed by atoms with van der Waals surface area (Å²) < 4.78 is 18.0. The molecule has 0 bridgehead atoms. The topological polar surface area (TPSA) is 78.8 Å². The van der Waals surface area contributed by atoms with E-state index in [0.717, 1.165) is 0 Å². The molecular formula is C15H20FNO4. The summed E-state index contributed by atoms with van der Waals surface area (Å²) in [7, 11) is 1.54. The van der Waals surface area contributed by atoms with Gasteiger partial charge in [-0.2, -0.15) is 0 Å². The molecule has 1 aliphatic carbocycles. The summed E-state index contributed by atoms with van der Waals surface area (Å²) in [6, 6.07) is 5.27. The normalized spacial score (nSPS) is 28.6. The zero-order chi connectivity index (χ0) is 15.5. The van der Waals surface area contributed by atoms with Crippen LogP contribution in [0, 0.1) is 11.2 Å². The summed E-state index contributed by atoms with van der Waals surface area (Å²) in [6.45, 7) is 0.621. The van der Waals surface area contributed by atoms with Crippen LogP contribution < -0.4 is 5.32 Å². The molecule has 0 heterocycles. The number of hydrogen-bond donors (Lipinski definition) is 3. The highest BCUT2D eigenvalue weighted by atomic mass is 19.1. The molecule has 6 heteroatoms. The molecule has 116 valence electrons. The van der Waals surface area contributed by atoms with Crippen molar-refractivity contribution in [2.45, 2.75) is 25.0 Å². The van der Waals surface area contributed by atoms with Crippen LogP contribution >= 0.6 is 0 Å². The average Bonchev–Trinajstić information content (AvgIpc) is 2.73. The zero-order valence-electron chi connectivity index (χ0n) is 11.9. The van der Waals surface area contributed by atoms with Crippen molar-refractivity contribution in [1.29, 1.82) is 0 Å². The Hall–Kier alpha value is -1.50. The second-order valence-corrected chi connectivity index (χ2v) is 5.67. The Balaban J connectivity index is 1.99. The Kier molecular flexibility index (Phi) is 4.92. The number of benzene rings is 1. The van der Waals surface area contributed by atoms with Gasteiger partial charge in [-0.05, 0) is 37.1 Å². The fraction of sp³-hybridized carbons (Fsp3) is 0.533. The highest BCUT2D eigenvalue weighted by Gasteiger charge is 2.44. The SMILES string of the molecule is COCC1(CNC(=O)c2ccc(F)cc2)CC(O)C(O)C1. The molecule has 1 saturated carbocycles. The lowest BCUT2D eigenvalue weighted by Crippen LogP contribution is -2.39. The van der Waals surface area contributed by atoms with Gasteiger partial charge in [-0.1, -0.05) is 0 Å². The van der Waals surface area contributed by atoms with E-state index in [4.69, 9.17) is 4.74 Å². The molecule has 0 saturated heterocycles. The molecular weight excluding hydrogens is 277 g/mol. The predicted molar refractivity (Wildman–Crippen MR) is 74.3 cm³/mol. The van der Waals surface area contributed by atoms with Gasteiger partial charge in [0, 0.05) is 24.6 Å². The lowest BCUT2D eigenvalue weighted by molar-refractivity contribution is 0.0438. The summed E-state index contributed by atoms with van der Waals surface area (Å²) in [5.74, 6) is -0.717. The van der Waals surface area contributed by atoms with Crippen LogP contribution in [0.2, 0.25) is 0 Å². The molecule has 0 spiro atoms. The molecule has 1 aromatic carbocycles. The minimum atomic E-state index is -0.803. The van der Waals surface area contributed by atoms with Gasteiger partial charge in [0.05, 0.1) is 18.8 Å². The number of aliphatic hydroxyl groups is 2. The highest BCUT2D eigenvalue weighted by molar-refractivity contribution is 5.94. The van der Waals surface area contributed by atoms with E-state index in [1.807, 2.05) is 0 Å². The molecule has 1 aromatic rings. The van der Waals surface area contributed by atoms with Crippen LogP contribution in [0.4, 0.5) is 4.39 Å². The van der Waals surface area contributed by atoms with Crippen LogP contribution in [0.1, 0.15) is 23.2 Å². The smallest absolute Gasteiger partial charge is 0.251 e. The van der Waals surface area contributed by atoms with Gasteiger partial charge in [0.15, 0.2) is 0 Å². The molecule has 1 fully saturated rings. The van der Waals surface area contributed by atoms with E-state index in [1.54, 1.807) is 7.11 Å². The van der Waals surface area contributed by atoms with Crippen LogP contribution in [-0.2, 0) is 4.74 Å². The third kappa shape index (κ3) is 3.78. The monoisotopic (exact) mass is 297 g/mol. The standard InChI is InChI=1S/C15H20FNO4/c1-21-9-15(6-12(18)13(19)7-15)8-17-14(20)10-2-4-11(16)5-3-10/h2-5,12-13,18-19H,6-9H2,1H3,(H,17,20). The maximum atomic E-state index is 12.8. The van der Waals surface area contributed by atoms with Gasteiger partial charge in [0.1, 0.15) is 5.82 Å². The second-order valence-electron chi connectivity index (χ2n) is 5.67. The van der Waals surface area contributed by atoms with Gasteiger partial charge >= 0.3 is 0 Å². The molecule has 5 nitrogen and oxygen atoms in total. The van der Waals surface area contributed by atoms with Gasteiger partial charge in [-0.15, -0.1) is 0 Å². The van der Waals surface area contributed by atoms with Crippen molar-refractivity contribution in [2.75, 3.05) is 20.3 Å². The molecule has 2 unspecified atom stereocenters. The van der Waals surface area contributed by atoms with Gasteiger partial charge in [-0.25, -0.2) is 4.39 Å². The van der Waals surface area contributed by atoms with E-state index in [9.17, 15) is 19.4 Å². The van der Waals surface area contributed by atoms with Crippen molar-refractivity contribution in [2.24, 2.45) is 5.41 Å². The molecule has 1 amide bonds. The number of carbonyl (C=O) groups excluding carboxylic acids is 1. The number of halogens is 1. The maximum absolute atomic E-state index is 12.8. The Bertz CT molecular complexity index is 481. The number of aliphatic hydroxyl groups excluding tert-OH is 2. The molecule has 1 aliphatic rings. The Morgan fingerprint density at radius 2 is 1.90 bits per heavy atom. The van der Waals surface area contributed by atoms with Crippen molar-refractivity contribution < 1.29 is 24.1 Å². The van der Waals surface area contributed by atoms with Crippen molar-refractivity contribution >= 4 is 5.91 Å². The number of hydrogen-bond acceptors (Lipinski definition) is 4. The summed E-state index contributed by atoms with van der Waals surface area (Å²) in [5, 5.41) is 22.2. The van der Waals surface area contributed by atoms with E-state index in [-0.39, 0.29) is 12.5 Å². The molecule has 2 atom stereocenters. The second kappa shape index (κ2) is 6.51. The molecule has 0 aromatic heterocycles. The minimum absolute atomic E-state index is 0.283. The van der Waals surface area contributed by atoms with Crippen molar-refractivity contribution in [1.82, 2.24) is 5.32 Å². The molecule has 0 aliphatic heterocycles. The van der Waals surface area contributed by atoms with E-state index in [1.165, 1.54) is 24.3 Å². The van der Waals surface area contributed by atoms with Crippen molar-refractivity contribution in [3.63, 3.8) is 0 Å². The molecule has 2 rings (SSSR count). The number of nitrogens with one attached hydrogen (secondary N) is 1. The lowest BCUT2D eigenvalue weighted by atomic mass is 9.86. The molecule has 3 N–H and O–H groups in total. The van der Waals surface area contributed by atoms with E-state index >= 15 is 0 Å². The predicted octanol–water partition coefficient (Wildman–Crippen LogP) is 0.704. The first-order valence-electron chi connectivity index (χ1n) is 6.85. The highest BCUT2D eigenvalue weighted by Crippen LogP contribution is 2.38.